The first kappa shape index (κ1) is 6.87. The van der Waals surface area contributed by atoms with Gasteiger partial charge in [0.15, 0.2) is 0 Å². The molecule has 0 aromatic heterocycles. The lowest BCUT2D eigenvalue weighted by atomic mass is 10.0. The maximum atomic E-state index is 2.28. The fourth-order valence-electron chi connectivity index (χ4n) is 0.569. The van der Waals surface area contributed by atoms with Gasteiger partial charge in [-0.1, -0.05) is 13.8 Å². The van der Waals surface area contributed by atoms with Crippen molar-refractivity contribution in [1.29, 1.82) is 0 Å². The van der Waals surface area contributed by atoms with E-state index in [0.29, 0.717) is 0 Å². The highest BCUT2D eigenvalue weighted by Crippen LogP contribution is 2.06. The highest BCUT2D eigenvalue weighted by atomic mass is 14.0. The Labute approximate surface area is 46.9 Å². The van der Waals surface area contributed by atoms with Gasteiger partial charge in [0, 0.05) is 0 Å². The summed E-state index contributed by atoms with van der Waals surface area (Å²) in [6.45, 7) is 6.63. The van der Waals surface area contributed by atoms with Crippen LogP contribution in [0.1, 0.15) is 33.6 Å². The van der Waals surface area contributed by atoms with Crippen LogP contribution in [0.3, 0.4) is 0 Å². The molecule has 0 saturated heterocycles. The first-order valence-corrected chi connectivity index (χ1v) is 3.09. The van der Waals surface area contributed by atoms with E-state index in [9.17, 15) is 0 Å². The highest BCUT2D eigenvalue weighted by Gasteiger charge is 1.99. The first-order valence-electron chi connectivity index (χ1n) is 3.09. The molecule has 0 aliphatic rings. The number of rotatable bonds is 3. The summed E-state index contributed by atoms with van der Waals surface area (Å²) in [6, 6.07) is 0. The summed E-state index contributed by atoms with van der Waals surface area (Å²) in [7, 11) is 0. The van der Waals surface area contributed by atoms with Gasteiger partial charge in [-0.25, -0.2) is 0 Å². The fraction of sp³-hybridized carbons (Fsp3) is 0.857. The Morgan fingerprint density at radius 3 is 2.29 bits per heavy atom. The quantitative estimate of drug-likeness (QED) is 0.477. The van der Waals surface area contributed by atoms with Crippen LogP contribution in [-0.4, -0.2) is 0 Å². The van der Waals surface area contributed by atoms with Crippen LogP contribution in [0.15, 0.2) is 0 Å². The summed E-state index contributed by atoms with van der Waals surface area (Å²) in [5, 5.41) is 0. The van der Waals surface area contributed by atoms with E-state index in [0.717, 1.165) is 5.92 Å². The zero-order valence-electron chi connectivity index (χ0n) is 5.57. The van der Waals surface area contributed by atoms with E-state index >= 15 is 0 Å². The lowest BCUT2D eigenvalue weighted by molar-refractivity contribution is 0.554. The third-order valence-electron chi connectivity index (χ3n) is 1.33. The lowest BCUT2D eigenvalue weighted by Crippen LogP contribution is -1.88. The second-order valence-corrected chi connectivity index (χ2v) is 2.16. The van der Waals surface area contributed by atoms with Gasteiger partial charge < -0.3 is 0 Å². The van der Waals surface area contributed by atoms with Gasteiger partial charge in [0.1, 0.15) is 0 Å². The highest BCUT2D eigenvalue weighted by molar-refractivity contribution is 4.60. The van der Waals surface area contributed by atoms with Gasteiger partial charge in [0.05, 0.1) is 19.8 Å². The van der Waals surface area contributed by atoms with Crippen LogP contribution in [0.2, 0.25) is 0 Å². The van der Waals surface area contributed by atoms with Gasteiger partial charge >= 0.3 is 0 Å². The standard InChI is InChI=1S/C7H15/c1-4-6-7(3)5-2/h4,7H,5-6H2,1-3H3/q+1. The summed E-state index contributed by atoms with van der Waals surface area (Å²) in [4.78, 5) is 0. The minimum atomic E-state index is 0.894. The van der Waals surface area contributed by atoms with Crippen LogP contribution in [0, 0.1) is 12.3 Å². The summed E-state index contributed by atoms with van der Waals surface area (Å²) in [5.41, 5.74) is 0. The normalized spacial score (nSPS) is 13.6. The average molecular weight is 99.2 g/mol. The third-order valence-corrected chi connectivity index (χ3v) is 1.33. The summed E-state index contributed by atoms with van der Waals surface area (Å²) >= 11 is 0. The van der Waals surface area contributed by atoms with E-state index < -0.39 is 0 Å². The van der Waals surface area contributed by atoms with Gasteiger partial charge in [-0.05, 0) is 12.3 Å². The van der Waals surface area contributed by atoms with Crippen molar-refractivity contribution in [2.24, 2.45) is 5.92 Å². The zero-order valence-corrected chi connectivity index (χ0v) is 5.57. The summed E-state index contributed by atoms with van der Waals surface area (Å²) < 4.78 is 0. The SMILES string of the molecule is C[CH+]CC(C)CC. The average Bonchev–Trinajstić information content (AvgIpc) is 1.68. The molecule has 0 nitrogen and oxygen atoms in total. The molecule has 0 saturated carbocycles. The van der Waals surface area contributed by atoms with Crippen molar-refractivity contribution in [2.45, 2.75) is 33.6 Å². The van der Waals surface area contributed by atoms with Crippen molar-refractivity contribution in [1.82, 2.24) is 0 Å². The van der Waals surface area contributed by atoms with E-state index in [4.69, 9.17) is 0 Å². The molecule has 0 heteroatoms. The molecule has 0 aromatic carbocycles. The Morgan fingerprint density at radius 2 is 2.14 bits per heavy atom. The Kier molecular flexibility index (Phi) is 3.97. The molecule has 0 aliphatic heterocycles. The Bertz CT molecular complexity index is 31.0. The summed E-state index contributed by atoms with van der Waals surface area (Å²) in [5.74, 6) is 0.894. The van der Waals surface area contributed by atoms with Gasteiger partial charge in [0.25, 0.3) is 0 Å². The van der Waals surface area contributed by atoms with Crippen LogP contribution in [0.4, 0.5) is 0 Å². The van der Waals surface area contributed by atoms with Crippen LogP contribution < -0.4 is 0 Å². The van der Waals surface area contributed by atoms with Crippen molar-refractivity contribution < 1.29 is 0 Å². The third kappa shape index (κ3) is 3.71. The van der Waals surface area contributed by atoms with Crippen molar-refractivity contribution >= 4 is 0 Å². The predicted molar refractivity (Wildman–Crippen MR) is 34.0 cm³/mol. The van der Waals surface area contributed by atoms with Crippen molar-refractivity contribution in [3.63, 3.8) is 0 Å². The minimum absolute atomic E-state index is 0.894. The Balaban J connectivity index is 2.83. The van der Waals surface area contributed by atoms with Crippen molar-refractivity contribution in [3.05, 3.63) is 6.42 Å². The molecule has 0 amide bonds. The molecule has 0 rings (SSSR count). The summed E-state index contributed by atoms with van der Waals surface area (Å²) in [6.07, 6.45) is 4.81. The molecule has 0 bridgehead atoms. The fourth-order valence-corrected chi connectivity index (χ4v) is 0.569. The molecule has 7 heavy (non-hydrogen) atoms. The first-order chi connectivity index (χ1) is 3.31. The molecule has 0 aromatic rings. The Hall–Kier alpha value is -0.130. The molecule has 1 atom stereocenters. The van der Waals surface area contributed by atoms with Crippen LogP contribution in [0.5, 0.6) is 0 Å². The van der Waals surface area contributed by atoms with Gasteiger partial charge in [0.2, 0.25) is 0 Å². The maximum Gasteiger partial charge on any atom is 0.0897 e. The van der Waals surface area contributed by atoms with Crippen LogP contribution in [0.25, 0.3) is 0 Å². The largest absolute Gasteiger partial charge is 0.0897 e. The van der Waals surface area contributed by atoms with E-state index in [1.165, 1.54) is 12.8 Å². The number of hydrogen-bond donors (Lipinski definition) is 0. The molecule has 42 valence electrons. The second kappa shape index (κ2) is 4.04. The van der Waals surface area contributed by atoms with Gasteiger partial charge in [-0.2, -0.15) is 0 Å². The molecule has 0 radical (unpaired) electrons. The van der Waals surface area contributed by atoms with Crippen molar-refractivity contribution in [2.75, 3.05) is 0 Å². The van der Waals surface area contributed by atoms with Crippen molar-refractivity contribution in [3.8, 4) is 0 Å². The predicted octanol–water partition coefficient (Wildman–Crippen LogP) is 2.65. The molecule has 1 unspecified atom stereocenters. The molecule has 0 aliphatic carbocycles. The topological polar surface area (TPSA) is 0 Å². The minimum Gasteiger partial charge on any atom is -0.0650 e. The van der Waals surface area contributed by atoms with E-state index in [2.05, 4.69) is 27.2 Å². The van der Waals surface area contributed by atoms with Crippen LogP contribution in [-0.2, 0) is 0 Å². The molecule has 0 heterocycles. The maximum absolute atomic E-state index is 2.28. The van der Waals surface area contributed by atoms with Crippen LogP contribution >= 0.6 is 0 Å². The van der Waals surface area contributed by atoms with Gasteiger partial charge in [-0.15, -0.1) is 0 Å². The zero-order chi connectivity index (χ0) is 5.70. The molecule has 0 fully saturated rings. The lowest BCUT2D eigenvalue weighted by Gasteiger charge is -1.96. The van der Waals surface area contributed by atoms with Gasteiger partial charge in [-0.3, -0.25) is 0 Å². The molecule has 0 N–H and O–H groups in total. The smallest absolute Gasteiger partial charge is 0.0650 e. The molecular formula is C7H15+. The van der Waals surface area contributed by atoms with E-state index in [-0.39, 0.29) is 0 Å². The molecular weight excluding hydrogens is 84.1 g/mol. The van der Waals surface area contributed by atoms with E-state index in [1.54, 1.807) is 0 Å². The molecule has 0 spiro atoms. The number of hydrogen-bond acceptors (Lipinski definition) is 0. The Morgan fingerprint density at radius 1 is 1.57 bits per heavy atom. The van der Waals surface area contributed by atoms with E-state index in [1.807, 2.05) is 0 Å². The monoisotopic (exact) mass is 99.1 g/mol. The second-order valence-electron chi connectivity index (χ2n) is 2.16.